The van der Waals surface area contributed by atoms with E-state index in [1.165, 1.54) is 0 Å². The van der Waals surface area contributed by atoms with Crippen LogP contribution in [0.15, 0.2) is 35.6 Å². The van der Waals surface area contributed by atoms with Gasteiger partial charge in [-0.05, 0) is 31.9 Å². The van der Waals surface area contributed by atoms with E-state index in [-0.39, 0.29) is 12.2 Å². The van der Waals surface area contributed by atoms with Crippen molar-refractivity contribution in [3.8, 4) is 5.69 Å². The molecule has 0 radical (unpaired) electrons. The van der Waals surface area contributed by atoms with Crippen LogP contribution in [0, 0.1) is 0 Å². The summed E-state index contributed by atoms with van der Waals surface area (Å²) < 4.78 is 26.6. The smallest absolute Gasteiger partial charge is 0.218 e. The van der Waals surface area contributed by atoms with Gasteiger partial charge >= 0.3 is 0 Å². The van der Waals surface area contributed by atoms with Crippen LogP contribution in [0.5, 0.6) is 0 Å². The summed E-state index contributed by atoms with van der Waals surface area (Å²) in [4.78, 5) is 11.2. The third-order valence-electron chi connectivity index (χ3n) is 6.32. The molecular weight excluding hydrogens is 397 g/mol. The monoisotopic (exact) mass is 425 g/mol. The number of aromatic nitrogens is 3. The second-order valence-electron chi connectivity index (χ2n) is 8.36. The van der Waals surface area contributed by atoms with E-state index in [2.05, 4.69) is 14.9 Å². The van der Waals surface area contributed by atoms with Crippen molar-refractivity contribution in [1.29, 1.82) is 0 Å². The molecule has 2 aliphatic heterocycles. The van der Waals surface area contributed by atoms with Crippen molar-refractivity contribution in [2.24, 2.45) is 4.99 Å². The summed E-state index contributed by atoms with van der Waals surface area (Å²) in [5.41, 5.74) is 3.77. The molecule has 5 rings (SSSR count). The van der Waals surface area contributed by atoms with Crippen LogP contribution < -0.4 is 4.90 Å². The van der Waals surface area contributed by atoms with Crippen LogP contribution in [0.2, 0.25) is 0 Å². The predicted molar refractivity (Wildman–Crippen MR) is 117 cm³/mol. The minimum Gasteiger partial charge on any atom is -0.472 e. The predicted octanol–water partition coefficient (Wildman–Crippen LogP) is 3.72. The number of hydrogen-bond donors (Lipinski definition) is 0. The van der Waals surface area contributed by atoms with Crippen LogP contribution in [0.3, 0.4) is 0 Å². The highest BCUT2D eigenvalue weighted by Crippen LogP contribution is 2.30. The van der Waals surface area contributed by atoms with E-state index < -0.39 is 6.17 Å². The molecule has 2 aromatic rings. The Morgan fingerprint density at radius 1 is 1.23 bits per heavy atom. The van der Waals surface area contributed by atoms with Crippen molar-refractivity contribution in [3.63, 3.8) is 0 Å². The van der Waals surface area contributed by atoms with Gasteiger partial charge in [0.1, 0.15) is 24.3 Å². The number of alkyl halides is 1. The van der Waals surface area contributed by atoms with E-state index in [1.807, 2.05) is 42.2 Å². The molecule has 1 aliphatic carbocycles. The van der Waals surface area contributed by atoms with Crippen LogP contribution in [-0.4, -0.2) is 59.2 Å². The molecule has 0 spiro atoms. The fourth-order valence-corrected chi connectivity index (χ4v) is 4.45. The van der Waals surface area contributed by atoms with Crippen molar-refractivity contribution in [2.45, 2.75) is 57.6 Å². The van der Waals surface area contributed by atoms with Crippen molar-refractivity contribution in [3.05, 3.63) is 41.9 Å². The molecule has 31 heavy (non-hydrogen) atoms. The Hall–Kier alpha value is -2.74. The van der Waals surface area contributed by atoms with Gasteiger partial charge in [0, 0.05) is 44.7 Å². The van der Waals surface area contributed by atoms with Crippen LogP contribution in [0.25, 0.3) is 11.3 Å². The molecular formula is C23H28FN5O2. The van der Waals surface area contributed by atoms with Crippen LogP contribution in [0.4, 0.5) is 10.2 Å². The zero-order valence-electron chi connectivity index (χ0n) is 18.0. The van der Waals surface area contributed by atoms with Crippen molar-refractivity contribution in [1.82, 2.24) is 14.8 Å². The number of pyridine rings is 1. The van der Waals surface area contributed by atoms with Gasteiger partial charge in [-0.25, -0.2) is 14.1 Å². The average Bonchev–Trinajstić information content (AvgIpc) is 3.22. The van der Waals surface area contributed by atoms with Gasteiger partial charge in [-0.1, -0.05) is 6.08 Å². The molecule has 7 nitrogen and oxygen atoms in total. The molecule has 1 saturated heterocycles. The molecule has 4 heterocycles. The lowest BCUT2D eigenvalue weighted by Crippen LogP contribution is -2.42. The SMILES string of the molecule is C/C=C1\C(=NC)OCc2cn(-c3ccc(N4CCC(OC5CC(F)C5)CC4)nc3)nc21. The first-order valence-electron chi connectivity index (χ1n) is 11.0. The average molecular weight is 426 g/mol. The van der Waals surface area contributed by atoms with Crippen LogP contribution >= 0.6 is 0 Å². The van der Waals surface area contributed by atoms with Crippen LogP contribution in [-0.2, 0) is 16.1 Å². The second-order valence-corrected chi connectivity index (χ2v) is 8.36. The molecule has 2 fully saturated rings. The summed E-state index contributed by atoms with van der Waals surface area (Å²) in [6.07, 6.45) is 8.57. The van der Waals surface area contributed by atoms with Gasteiger partial charge in [0.15, 0.2) is 0 Å². The van der Waals surface area contributed by atoms with Gasteiger partial charge in [-0.3, -0.25) is 4.99 Å². The molecule has 0 bridgehead atoms. The fraction of sp³-hybridized carbons (Fsp3) is 0.522. The third kappa shape index (κ3) is 3.96. The zero-order chi connectivity index (χ0) is 21.4. The minimum absolute atomic E-state index is 0.122. The Bertz CT molecular complexity index is 986. The Labute approximate surface area is 181 Å². The summed E-state index contributed by atoms with van der Waals surface area (Å²) >= 11 is 0. The highest BCUT2D eigenvalue weighted by molar-refractivity contribution is 6.20. The molecule has 3 aliphatic rings. The maximum atomic E-state index is 13.0. The third-order valence-corrected chi connectivity index (χ3v) is 6.32. The summed E-state index contributed by atoms with van der Waals surface area (Å²) in [5.74, 6) is 1.59. The Balaban J connectivity index is 1.24. The van der Waals surface area contributed by atoms with E-state index in [1.54, 1.807) is 7.05 Å². The number of anilines is 1. The number of piperidine rings is 1. The first kappa shape index (κ1) is 20.2. The first-order valence-corrected chi connectivity index (χ1v) is 11.0. The zero-order valence-corrected chi connectivity index (χ0v) is 18.0. The molecule has 0 amide bonds. The second kappa shape index (κ2) is 8.42. The van der Waals surface area contributed by atoms with Gasteiger partial charge in [0.2, 0.25) is 5.90 Å². The largest absolute Gasteiger partial charge is 0.472 e. The molecule has 0 atom stereocenters. The van der Waals surface area contributed by atoms with E-state index in [4.69, 9.17) is 14.6 Å². The highest BCUT2D eigenvalue weighted by Gasteiger charge is 2.33. The fourth-order valence-electron chi connectivity index (χ4n) is 4.45. The lowest BCUT2D eigenvalue weighted by molar-refractivity contribution is -0.0884. The lowest BCUT2D eigenvalue weighted by atomic mass is 9.93. The van der Waals surface area contributed by atoms with E-state index in [0.717, 1.165) is 54.3 Å². The minimum atomic E-state index is -0.660. The summed E-state index contributed by atoms with van der Waals surface area (Å²) in [6.45, 7) is 4.24. The van der Waals surface area contributed by atoms with E-state index >= 15 is 0 Å². The summed E-state index contributed by atoms with van der Waals surface area (Å²) in [5, 5.41) is 4.76. The van der Waals surface area contributed by atoms with Crippen LogP contribution in [0.1, 0.15) is 43.9 Å². The van der Waals surface area contributed by atoms with Crippen molar-refractivity contribution in [2.75, 3.05) is 25.0 Å². The number of hydrogen-bond acceptors (Lipinski definition) is 6. The van der Waals surface area contributed by atoms with Crippen molar-refractivity contribution < 1.29 is 13.9 Å². The topological polar surface area (TPSA) is 64.8 Å². The number of aliphatic imine (C=N–C) groups is 1. The number of allylic oxidation sites excluding steroid dienone is 1. The van der Waals surface area contributed by atoms with Crippen molar-refractivity contribution >= 4 is 17.3 Å². The number of fused-ring (bicyclic) bond motifs is 1. The lowest BCUT2D eigenvalue weighted by Gasteiger charge is -2.37. The van der Waals surface area contributed by atoms with E-state index in [0.29, 0.717) is 25.3 Å². The maximum Gasteiger partial charge on any atom is 0.218 e. The van der Waals surface area contributed by atoms with Gasteiger partial charge in [0.25, 0.3) is 0 Å². The molecule has 164 valence electrons. The Morgan fingerprint density at radius 2 is 2.03 bits per heavy atom. The first-order chi connectivity index (χ1) is 15.1. The standard InChI is InChI=1S/C23H28FN5O2/c1-3-20-22-15(14-30-23(20)25-2)13-29(27-22)17-4-5-21(26-12-17)28-8-6-18(7-9-28)31-19-10-16(24)11-19/h3-5,12-13,16,18-19H,6-11,14H2,1-2H3/b20-3-,25-23?. The molecule has 0 unspecified atom stereocenters. The molecule has 1 saturated carbocycles. The Morgan fingerprint density at radius 3 is 2.68 bits per heavy atom. The molecule has 8 heteroatoms. The van der Waals surface area contributed by atoms with Gasteiger partial charge < -0.3 is 14.4 Å². The normalized spacial score (nSPS) is 26.6. The van der Waals surface area contributed by atoms with Gasteiger partial charge in [-0.15, -0.1) is 0 Å². The van der Waals surface area contributed by atoms with E-state index in [9.17, 15) is 4.39 Å². The maximum absolute atomic E-state index is 13.0. The Kier molecular flexibility index (Phi) is 5.48. The number of ether oxygens (including phenoxy) is 2. The van der Waals surface area contributed by atoms with Gasteiger partial charge in [-0.2, -0.15) is 5.10 Å². The van der Waals surface area contributed by atoms with Gasteiger partial charge in [0.05, 0.1) is 29.7 Å². The quantitative estimate of drug-likeness (QED) is 0.747. The summed E-state index contributed by atoms with van der Waals surface area (Å²) in [6, 6.07) is 4.09. The highest BCUT2D eigenvalue weighted by atomic mass is 19.1. The molecule has 0 aromatic carbocycles. The molecule has 0 N–H and O–H groups in total. The molecule has 2 aromatic heterocycles. The summed E-state index contributed by atoms with van der Waals surface area (Å²) in [7, 11) is 1.73. The number of rotatable bonds is 4. The number of halogens is 1. The number of nitrogens with zero attached hydrogens (tertiary/aromatic N) is 5.